The molecule has 94 valence electrons. The predicted molar refractivity (Wildman–Crippen MR) is 66.0 cm³/mol. The molecule has 0 saturated heterocycles. The van der Waals surface area contributed by atoms with Crippen LogP contribution in [0.1, 0.15) is 31.8 Å². The van der Waals surface area contributed by atoms with Gasteiger partial charge in [-0.05, 0) is 27.2 Å². The molecular weight excluding hydrogens is 218 g/mol. The number of carboxylic acids is 1. The number of anilines is 1. The van der Waals surface area contributed by atoms with Crippen LogP contribution >= 0.6 is 0 Å². The molecule has 17 heavy (non-hydrogen) atoms. The van der Waals surface area contributed by atoms with E-state index in [0.29, 0.717) is 24.6 Å². The van der Waals surface area contributed by atoms with Crippen LogP contribution in [0.25, 0.3) is 0 Å². The van der Waals surface area contributed by atoms with E-state index in [2.05, 4.69) is 15.3 Å². The summed E-state index contributed by atoms with van der Waals surface area (Å²) in [6, 6.07) is 1.81. The maximum atomic E-state index is 11.1. The lowest BCUT2D eigenvalue weighted by molar-refractivity contribution is -0.147. The van der Waals surface area contributed by atoms with Gasteiger partial charge in [-0.15, -0.1) is 0 Å². The molecule has 5 nitrogen and oxygen atoms in total. The Morgan fingerprint density at radius 1 is 1.47 bits per heavy atom. The van der Waals surface area contributed by atoms with Crippen molar-refractivity contribution in [2.24, 2.45) is 5.41 Å². The molecule has 0 amide bonds. The van der Waals surface area contributed by atoms with Crippen LogP contribution in [-0.2, 0) is 4.79 Å². The van der Waals surface area contributed by atoms with E-state index < -0.39 is 11.4 Å². The van der Waals surface area contributed by atoms with E-state index >= 15 is 0 Å². The Balaban J connectivity index is 2.76. The van der Waals surface area contributed by atoms with Crippen LogP contribution in [0.3, 0.4) is 0 Å². The second kappa shape index (κ2) is 5.12. The van der Waals surface area contributed by atoms with Gasteiger partial charge in [0, 0.05) is 18.3 Å². The van der Waals surface area contributed by atoms with Gasteiger partial charge in [0.25, 0.3) is 0 Å². The maximum Gasteiger partial charge on any atom is 0.311 e. The fourth-order valence-corrected chi connectivity index (χ4v) is 1.44. The highest BCUT2D eigenvalue weighted by molar-refractivity contribution is 5.74. The average Bonchev–Trinajstić information content (AvgIpc) is 2.24. The molecule has 0 radical (unpaired) electrons. The standard InChI is InChI=1S/C12H19N3O2/c1-5-12(4,11(16)17)7-13-10-6-8(2)14-9(3)15-10/h6H,5,7H2,1-4H3,(H,16,17)(H,13,14,15). The number of aryl methyl sites for hydroxylation is 2. The third kappa shape index (κ3) is 3.41. The summed E-state index contributed by atoms with van der Waals surface area (Å²) in [5.74, 6) is 0.562. The van der Waals surface area contributed by atoms with Gasteiger partial charge in [0.1, 0.15) is 11.6 Å². The van der Waals surface area contributed by atoms with E-state index in [-0.39, 0.29) is 0 Å². The third-order valence-corrected chi connectivity index (χ3v) is 2.92. The molecule has 1 unspecified atom stereocenters. The molecule has 2 N–H and O–H groups in total. The number of aromatic nitrogens is 2. The number of hydrogen-bond donors (Lipinski definition) is 2. The summed E-state index contributed by atoms with van der Waals surface area (Å²) in [6.07, 6.45) is 0.568. The molecule has 1 aromatic rings. The normalized spacial score (nSPS) is 14.1. The molecule has 0 fully saturated rings. The van der Waals surface area contributed by atoms with Crippen LogP contribution in [0.4, 0.5) is 5.82 Å². The number of carboxylic acid groups (broad SMARTS) is 1. The molecule has 0 spiro atoms. The van der Waals surface area contributed by atoms with E-state index in [1.807, 2.05) is 26.8 Å². The quantitative estimate of drug-likeness (QED) is 0.819. The molecule has 1 aromatic heterocycles. The predicted octanol–water partition coefficient (Wildman–Crippen LogP) is 2.01. The summed E-state index contributed by atoms with van der Waals surface area (Å²) < 4.78 is 0. The number of nitrogens with one attached hydrogen (secondary N) is 1. The van der Waals surface area contributed by atoms with Crippen LogP contribution in [0.2, 0.25) is 0 Å². The minimum Gasteiger partial charge on any atom is -0.481 e. The number of aliphatic carboxylic acids is 1. The Morgan fingerprint density at radius 3 is 2.59 bits per heavy atom. The van der Waals surface area contributed by atoms with E-state index in [1.165, 1.54) is 0 Å². The minimum absolute atomic E-state index is 0.356. The van der Waals surface area contributed by atoms with Gasteiger partial charge in [0.05, 0.1) is 5.41 Å². The van der Waals surface area contributed by atoms with Crippen molar-refractivity contribution in [2.75, 3.05) is 11.9 Å². The van der Waals surface area contributed by atoms with Gasteiger partial charge in [0.2, 0.25) is 0 Å². The summed E-state index contributed by atoms with van der Waals surface area (Å²) in [5, 5.41) is 12.2. The lowest BCUT2D eigenvalue weighted by atomic mass is 9.88. The van der Waals surface area contributed by atoms with Crippen LogP contribution in [0, 0.1) is 19.3 Å². The Hall–Kier alpha value is -1.65. The summed E-state index contributed by atoms with van der Waals surface area (Å²) in [5.41, 5.74) is 0.0979. The molecule has 1 atom stereocenters. The second-order valence-corrected chi connectivity index (χ2v) is 4.51. The molecule has 1 heterocycles. The molecule has 0 aliphatic heterocycles. The first-order valence-corrected chi connectivity index (χ1v) is 5.67. The van der Waals surface area contributed by atoms with Crippen LogP contribution in [0.5, 0.6) is 0 Å². The first-order valence-electron chi connectivity index (χ1n) is 5.67. The first kappa shape index (κ1) is 13.4. The molecule has 0 bridgehead atoms. The topological polar surface area (TPSA) is 75.1 Å². The zero-order chi connectivity index (χ0) is 13.1. The third-order valence-electron chi connectivity index (χ3n) is 2.92. The van der Waals surface area contributed by atoms with E-state index in [9.17, 15) is 4.79 Å². The van der Waals surface area contributed by atoms with Crippen molar-refractivity contribution in [3.63, 3.8) is 0 Å². The van der Waals surface area contributed by atoms with Crippen molar-refractivity contribution in [2.45, 2.75) is 34.1 Å². The zero-order valence-corrected chi connectivity index (χ0v) is 10.7. The van der Waals surface area contributed by atoms with Gasteiger partial charge in [0.15, 0.2) is 0 Å². The molecule has 0 aromatic carbocycles. The summed E-state index contributed by atoms with van der Waals surface area (Å²) in [6.45, 7) is 7.65. The van der Waals surface area contributed by atoms with Crippen molar-refractivity contribution < 1.29 is 9.90 Å². The van der Waals surface area contributed by atoms with Crippen LogP contribution in [-0.4, -0.2) is 27.6 Å². The average molecular weight is 237 g/mol. The fourth-order valence-electron chi connectivity index (χ4n) is 1.44. The van der Waals surface area contributed by atoms with Gasteiger partial charge in [-0.25, -0.2) is 9.97 Å². The first-order chi connectivity index (χ1) is 7.87. The lowest BCUT2D eigenvalue weighted by Gasteiger charge is -2.23. The summed E-state index contributed by atoms with van der Waals surface area (Å²) in [7, 11) is 0. The van der Waals surface area contributed by atoms with Crippen molar-refractivity contribution in [3.8, 4) is 0 Å². The molecule has 0 aliphatic carbocycles. The monoisotopic (exact) mass is 237 g/mol. The second-order valence-electron chi connectivity index (χ2n) is 4.51. The number of carbonyl (C=O) groups is 1. The van der Waals surface area contributed by atoms with E-state index in [0.717, 1.165) is 5.69 Å². The Kier molecular flexibility index (Phi) is 4.04. The minimum atomic E-state index is -0.796. The number of hydrogen-bond acceptors (Lipinski definition) is 4. The number of nitrogens with zero attached hydrogens (tertiary/aromatic N) is 2. The molecule has 5 heteroatoms. The van der Waals surface area contributed by atoms with Crippen molar-refractivity contribution >= 4 is 11.8 Å². The lowest BCUT2D eigenvalue weighted by Crippen LogP contribution is -2.34. The Bertz CT molecular complexity index is 400. The van der Waals surface area contributed by atoms with Gasteiger partial charge in [-0.1, -0.05) is 6.92 Å². The van der Waals surface area contributed by atoms with Gasteiger partial charge < -0.3 is 10.4 Å². The highest BCUT2D eigenvalue weighted by atomic mass is 16.4. The van der Waals surface area contributed by atoms with Crippen LogP contribution < -0.4 is 5.32 Å². The smallest absolute Gasteiger partial charge is 0.311 e. The molecule has 0 saturated carbocycles. The highest BCUT2D eigenvalue weighted by Crippen LogP contribution is 2.21. The maximum absolute atomic E-state index is 11.1. The van der Waals surface area contributed by atoms with Crippen LogP contribution in [0.15, 0.2) is 6.07 Å². The zero-order valence-electron chi connectivity index (χ0n) is 10.7. The van der Waals surface area contributed by atoms with E-state index in [4.69, 9.17) is 5.11 Å². The molecule has 0 aliphatic rings. The van der Waals surface area contributed by atoms with E-state index in [1.54, 1.807) is 6.92 Å². The molecule has 1 rings (SSSR count). The molecular formula is C12H19N3O2. The van der Waals surface area contributed by atoms with Gasteiger partial charge in [-0.2, -0.15) is 0 Å². The SMILES string of the molecule is CCC(C)(CNc1cc(C)nc(C)n1)C(=O)O. The Labute approximate surface area is 101 Å². The summed E-state index contributed by atoms with van der Waals surface area (Å²) >= 11 is 0. The Morgan fingerprint density at radius 2 is 2.12 bits per heavy atom. The van der Waals surface area contributed by atoms with Crippen molar-refractivity contribution in [1.29, 1.82) is 0 Å². The van der Waals surface area contributed by atoms with Gasteiger partial charge >= 0.3 is 5.97 Å². The highest BCUT2D eigenvalue weighted by Gasteiger charge is 2.30. The largest absolute Gasteiger partial charge is 0.481 e. The van der Waals surface area contributed by atoms with Gasteiger partial charge in [-0.3, -0.25) is 4.79 Å². The summed E-state index contributed by atoms with van der Waals surface area (Å²) in [4.78, 5) is 19.5. The number of rotatable bonds is 5. The fraction of sp³-hybridized carbons (Fsp3) is 0.583. The van der Waals surface area contributed by atoms with Crippen molar-refractivity contribution in [1.82, 2.24) is 9.97 Å². The van der Waals surface area contributed by atoms with Crippen molar-refractivity contribution in [3.05, 3.63) is 17.6 Å².